The molecule has 0 saturated heterocycles. The van der Waals surface area contributed by atoms with Crippen molar-refractivity contribution in [2.24, 2.45) is 5.92 Å². The third-order valence-corrected chi connectivity index (χ3v) is 7.87. The Morgan fingerprint density at radius 2 is 1.95 bits per heavy atom. The van der Waals surface area contributed by atoms with Gasteiger partial charge in [-0.3, -0.25) is 24.7 Å². The summed E-state index contributed by atoms with van der Waals surface area (Å²) >= 11 is 1.46. The molecule has 1 aliphatic rings. The number of nitrogens with one attached hydrogen (secondary N) is 3. The second-order valence-corrected chi connectivity index (χ2v) is 10.5. The molecule has 0 bridgehead atoms. The lowest BCUT2D eigenvalue weighted by atomic mass is 10.1. The molecule has 3 N–H and O–H groups in total. The topological polar surface area (TPSA) is 129 Å². The second kappa shape index (κ2) is 8.70. The quantitative estimate of drug-likeness (QED) is 0.237. The van der Waals surface area contributed by atoms with Gasteiger partial charge in [-0.2, -0.15) is 5.10 Å². The number of thiophene rings is 1. The lowest BCUT2D eigenvalue weighted by Crippen LogP contribution is -2.13. The fourth-order valence-electron chi connectivity index (χ4n) is 4.51. The highest BCUT2D eigenvalue weighted by Gasteiger charge is 2.29. The number of fused-ring (bicyclic) bond motifs is 2. The number of hydrogen-bond donors (Lipinski definition) is 3. The Labute approximate surface area is 220 Å². The van der Waals surface area contributed by atoms with Gasteiger partial charge in [-0.15, -0.1) is 11.3 Å². The van der Waals surface area contributed by atoms with Crippen LogP contribution in [0.3, 0.4) is 0 Å². The first-order valence-corrected chi connectivity index (χ1v) is 13.1. The minimum atomic E-state index is 0.0359. The summed E-state index contributed by atoms with van der Waals surface area (Å²) in [5.74, 6) is 0.827. The molecular weight excluding hydrogens is 498 g/mol. The zero-order valence-corrected chi connectivity index (χ0v) is 21.1. The lowest BCUT2D eigenvalue weighted by molar-refractivity contribution is -0.117. The van der Waals surface area contributed by atoms with Crippen molar-refractivity contribution >= 4 is 50.7 Å². The van der Waals surface area contributed by atoms with E-state index in [1.54, 1.807) is 25.5 Å². The van der Waals surface area contributed by atoms with Crippen molar-refractivity contribution in [3.05, 3.63) is 65.9 Å². The van der Waals surface area contributed by atoms with E-state index in [2.05, 4.69) is 30.5 Å². The number of carbonyl (C=O) groups excluding carboxylic acids is 2. The minimum absolute atomic E-state index is 0.0359. The number of anilines is 1. The molecule has 0 spiro atoms. The van der Waals surface area contributed by atoms with Crippen molar-refractivity contribution in [2.75, 3.05) is 5.32 Å². The van der Waals surface area contributed by atoms with E-state index < -0.39 is 0 Å². The number of H-pyrrole nitrogens is 2. The summed E-state index contributed by atoms with van der Waals surface area (Å²) in [6.45, 7) is 1.57. The van der Waals surface area contributed by atoms with Crippen molar-refractivity contribution in [1.29, 1.82) is 0 Å². The number of amides is 1. The Morgan fingerprint density at radius 1 is 1.05 bits per heavy atom. The first kappa shape index (κ1) is 22.5. The van der Waals surface area contributed by atoms with Gasteiger partial charge in [-0.05, 0) is 50.1 Å². The second-order valence-electron chi connectivity index (χ2n) is 9.42. The van der Waals surface area contributed by atoms with Gasteiger partial charge in [0.15, 0.2) is 11.6 Å². The van der Waals surface area contributed by atoms with E-state index in [1.807, 2.05) is 42.5 Å². The summed E-state index contributed by atoms with van der Waals surface area (Å²) in [6, 6.07) is 13.6. The summed E-state index contributed by atoms with van der Waals surface area (Å²) in [5, 5.41) is 11.4. The van der Waals surface area contributed by atoms with E-state index in [9.17, 15) is 9.59 Å². The smallest absolute Gasteiger partial charge is 0.227 e. The number of hydrogen-bond acceptors (Lipinski definition) is 7. The maximum atomic E-state index is 12.2. The Kier molecular flexibility index (Phi) is 5.15. The van der Waals surface area contributed by atoms with Crippen LogP contribution in [0.15, 0.2) is 61.1 Å². The van der Waals surface area contributed by atoms with Crippen LogP contribution >= 0.6 is 11.3 Å². The summed E-state index contributed by atoms with van der Waals surface area (Å²) in [5.41, 5.74) is 6.26. The zero-order valence-electron chi connectivity index (χ0n) is 20.3. The molecule has 5 heterocycles. The van der Waals surface area contributed by atoms with Crippen LogP contribution in [0, 0.1) is 5.92 Å². The number of nitrogens with zero attached hydrogens (tertiary/aromatic N) is 4. The molecule has 1 aliphatic carbocycles. The lowest BCUT2D eigenvalue weighted by Gasteiger charge is -2.06. The number of ketones is 1. The van der Waals surface area contributed by atoms with Gasteiger partial charge in [0.25, 0.3) is 0 Å². The standard InChI is InChI=1S/C28H21N7O2S/c1-14(36)23-7-8-24(38-23)18-3-2-4-20-25(18)33-27(32-20)26-19-10-21(30-13-22(19)34-35-26)16-9-17(12-29-11-16)31-28(37)15-5-6-15/h2-4,7-13,15H,5-6H2,1H3,(H,31,37)(H,32,33)(H,34,35). The molecule has 6 aromatic rings. The molecule has 10 heteroatoms. The number of benzene rings is 1. The van der Waals surface area contributed by atoms with Crippen LogP contribution in [0.25, 0.3) is 55.2 Å². The van der Waals surface area contributed by atoms with E-state index in [0.717, 1.165) is 55.7 Å². The van der Waals surface area contributed by atoms with E-state index >= 15 is 0 Å². The van der Waals surface area contributed by atoms with Crippen molar-refractivity contribution in [1.82, 2.24) is 30.1 Å². The monoisotopic (exact) mass is 519 g/mol. The third-order valence-electron chi connectivity index (χ3n) is 6.65. The number of para-hydroxylation sites is 1. The molecule has 186 valence electrons. The number of aromatic nitrogens is 6. The Bertz CT molecular complexity index is 1880. The van der Waals surface area contributed by atoms with Crippen LogP contribution in [0.1, 0.15) is 29.4 Å². The average Bonchev–Trinajstić information content (AvgIpc) is 3.32. The van der Waals surface area contributed by atoms with Gasteiger partial charge in [0.2, 0.25) is 5.91 Å². The first-order chi connectivity index (χ1) is 18.5. The highest BCUT2D eigenvalue weighted by Crippen LogP contribution is 2.36. The van der Waals surface area contributed by atoms with Crippen LogP contribution in [-0.4, -0.2) is 41.8 Å². The number of pyridine rings is 2. The highest BCUT2D eigenvalue weighted by atomic mass is 32.1. The first-order valence-electron chi connectivity index (χ1n) is 12.2. The molecule has 1 amide bonds. The maximum absolute atomic E-state index is 12.2. The zero-order chi connectivity index (χ0) is 25.8. The highest BCUT2D eigenvalue weighted by molar-refractivity contribution is 7.17. The SMILES string of the molecule is CC(=O)c1ccc(-c2cccc3[nH]c(-c4n[nH]c5cnc(-c6cncc(NC(=O)C7CC7)c6)cc45)nc23)s1. The van der Waals surface area contributed by atoms with Gasteiger partial charge in [-0.1, -0.05) is 12.1 Å². The summed E-state index contributed by atoms with van der Waals surface area (Å²) in [4.78, 5) is 42.9. The van der Waals surface area contributed by atoms with Crippen LogP contribution < -0.4 is 5.32 Å². The molecule has 1 saturated carbocycles. The number of imidazole rings is 1. The Morgan fingerprint density at radius 3 is 2.76 bits per heavy atom. The molecule has 0 unspecified atom stereocenters. The average molecular weight is 520 g/mol. The molecule has 0 atom stereocenters. The van der Waals surface area contributed by atoms with Crippen molar-refractivity contribution in [2.45, 2.75) is 19.8 Å². The fourth-order valence-corrected chi connectivity index (χ4v) is 5.44. The molecule has 0 aliphatic heterocycles. The number of carbonyl (C=O) groups is 2. The minimum Gasteiger partial charge on any atom is -0.337 e. The van der Waals surface area contributed by atoms with Crippen LogP contribution in [0.5, 0.6) is 0 Å². The van der Waals surface area contributed by atoms with Crippen molar-refractivity contribution in [3.8, 4) is 33.2 Å². The molecule has 9 nitrogen and oxygen atoms in total. The molecule has 1 aromatic carbocycles. The van der Waals surface area contributed by atoms with Crippen molar-refractivity contribution < 1.29 is 9.59 Å². The number of aromatic amines is 2. The summed E-state index contributed by atoms with van der Waals surface area (Å²) in [7, 11) is 0. The predicted molar refractivity (Wildman–Crippen MR) is 147 cm³/mol. The third kappa shape index (κ3) is 3.95. The van der Waals surface area contributed by atoms with Gasteiger partial charge in [0, 0.05) is 33.5 Å². The van der Waals surface area contributed by atoms with Gasteiger partial charge in [0.05, 0.1) is 45.2 Å². The van der Waals surface area contributed by atoms with Gasteiger partial charge >= 0.3 is 0 Å². The molecule has 0 radical (unpaired) electrons. The van der Waals surface area contributed by atoms with Gasteiger partial charge < -0.3 is 10.3 Å². The van der Waals surface area contributed by atoms with E-state index in [0.29, 0.717) is 22.9 Å². The number of rotatable bonds is 6. The molecular formula is C28H21N7O2S. The normalized spacial score (nSPS) is 13.3. The maximum Gasteiger partial charge on any atom is 0.227 e. The van der Waals surface area contributed by atoms with Crippen molar-refractivity contribution in [3.63, 3.8) is 0 Å². The molecule has 7 rings (SSSR count). The van der Waals surface area contributed by atoms with Gasteiger partial charge in [0.1, 0.15) is 5.69 Å². The predicted octanol–water partition coefficient (Wildman–Crippen LogP) is 5.84. The van der Waals surface area contributed by atoms with E-state index in [4.69, 9.17) is 4.98 Å². The van der Waals surface area contributed by atoms with Crippen LogP contribution in [0.2, 0.25) is 0 Å². The molecule has 38 heavy (non-hydrogen) atoms. The van der Waals surface area contributed by atoms with E-state index in [1.165, 1.54) is 11.3 Å². The molecule has 1 fully saturated rings. The fraction of sp³-hybridized carbons (Fsp3) is 0.143. The number of Topliss-reactive ketones (excluding diaryl/α,β-unsaturated/α-hetero) is 1. The summed E-state index contributed by atoms with van der Waals surface area (Å²) < 4.78 is 0. The van der Waals surface area contributed by atoms with E-state index in [-0.39, 0.29) is 17.6 Å². The Balaban J connectivity index is 1.27. The van der Waals surface area contributed by atoms with Crippen LogP contribution in [0.4, 0.5) is 5.69 Å². The largest absolute Gasteiger partial charge is 0.337 e. The molecule has 5 aromatic heterocycles. The van der Waals surface area contributed by atoms with Gasteiger partial charge in [-0.25, -0.2) is 4.98 Å². The van der Waals surface area contributed by atoms with Crippen LogP contribution in [-0.2, 0) is 4.79 Å². The summed E-state index contributed by atoms with van der Waals surface area (Å²) in [6.07, 6.45) is 6.99. The Hall–Kier alpha value is -4.70.